The number of carbonyl (C=O) groups is 1. The zero-order chi connectivity index (χ0) is 20.6. The highest BCUT2D eigenvalue weighted by Crippen LogP contribution is 2.18. The molecule has 0 aliphatic heterocycles. The molecule has 0 bridgehead atoms. The molecule has 2 aromatic carbocycles. The molecule has 0 radical (unpaired) electrons. The van der Waals surface area contributed by atoms with E-state index in [-0.39, 0.29) is 36.8 Å². The first-order valence-electron chi connectivity index (χ1n) is 9.78. The third kappa shape index (κ3) is 7.87. The van der Waals surface area contributed by atoms with Crippen molar-refractivity contribution in [3.05, 3.63) is 95.3 Å². The third-order valence-corrected chi connectivity index (χ3v) is 4.74. The Balaban J connectivity index is 0.00000240. The molecule has 0 saturated carbocycles. The monoisotopic (exact) mass is 461 g/mol. The maximum atomic E-state index is 12.5. The first-order valence-corrected chi connectivity index (χ1v) is 9.78. The summed E-state index contributed by atoms with van der Waals surface area (Å²) in [7, 11) is 0. The summed E-state index contributed by atoms with van der Waals surface area (Å²) in [4.78, 5) is 16.6. The van der Waals surface area contributed by atoms with Crippen LogP contribution in [-0.4, -0.2) is 17.4 Å². The molecule has 31 heavy (non-hydrogen) atoms. The zero-order valence-electron chi connectivity index (χ0n) is 17.7. The first kappa shape index (κ1) is 26.4. The summed E-state index contributed by atoms with van der Waals surface area (Å²) in [6.07, 6.45) is 3.48. The maximum absolute atomic E-state index is 12.5. The fraction of sp³-hybridized carbons (Fsp3) is 0.250. The van der Waals surface area contributed by atoms with Gasteiger partial charge in [-0.15, -0.1) is 24.8 Å². The second kappa shape index (κ2) is 13.0. The van der Waals surface area contributed by atoms with Crippen molar-refractivity contribution in [2.75, 3.05) is 6.54 Å². The molecular formula is C24H29Cl2N3O2. The summed E-state index contributed by atoms with van der Waals surface area (Å²) in [5.74, 6) is 0.939. The van der Waals surface area contributed by atoms with Crippen molar-refractivity contribution >= 4 is 30.7 Å². The van der Waals surface area contributed by atoms with Crippen molar-refractivity contribution < 1.29 is 9.53 Å². The molecule has 3 N–H and O–H groups in total. The predicted octanol–water partition coefficient (Wildman–Crippen LogP) is 5.06. The number of rotatable bonds is 8. The van der Waals surface area contributed by atoms with Crippen LogP contribution >= 0.6 is 24.8 Å². The van der Waals surface area contributed by atoms with E-state index < -0.39 is 0 Å². The van der Waals surface area contributed by atoms with E-state index in [1.807, 2.05) is 30.3 Å². The number of nitrogens with two attached hydrogens (primary N) is 1. The Bertz CT molecular complexity index is 935. The molecule has 166 valence electrons. The Morgan fingerprint density at radius 2 is 1.74 bits per heavy atom. The molecule has 7 heteroatoms. The van der Waals surface area contributed by atoms with Crippen LogP contribution in [0.5, 0.6) is 5.75 Å². The molecule has 3 aromatic rings. The van der Waals surface area contributed by atoms with Crippen molar-refractivity contribution in [3.63, 3.8) is 0 Å². The Labute approximate surface area is 196 Å². The first-order chi connectivity index (χ1) is 14.0. The number of benzene rings is 2. The lowest BCUT2D eigenvalue weighted by molar-refractivity contribution is 0.0950. The van der Waals surface area contributed by atoms with Crippen LogP contribution in [0.1, 0.15) is 52.9 Å². The topological polar surface area (TPSA) is 77.2 Å². The second-order valence-corrected chi connectivity index (χ2v) is 7.32. The zero-order valence-corrected chi connectivity index (χ0v) is 19.3. The van der Waals surface area contributed by atoms with Crippen molar-refractivity contribution in [3.8, 4) is 5.75 Å². The molecule has 0 fully saturated rings. The number of halogens is 2. The highest BCUT2D eigenvalue weighted by atomic mass is 35.5. The molecule has 0 spiro atoms. The standard InChI is InChI=1S/C24H27N3O2.2ClH/c1-17(2)19-8-10-20(11-9-19)23(25)15-27-24(28)21-6-3-7-22(13-21)29-16-18-5-4-12-26-14-18;;/h3-14,17,23H,15-16,25H2,1-2H3,(H,27,28);2*1H. The van der Waals surface area contributed by atoms with Gasteiger partial charge in [-0.05, 0) is 41.3 Å². The predicted molar refractivity (Wildman–Crippen MR) is 129 cm³/mol. The number of nitrogens with zero attached hydrogens (tertiary/aromatic N) is 1. The van der Waals surface area contributed by atoms with Crippen LogP contribution in [0.3, 0.4) is 0 Å². The van der Waals surface area contributed by atoms with Gasteiger partial charge in [-0.2, -0.15) is 0 Å². The Hall–Kier alpha value is -2.60. The number of hydrogen-bond donors (Lipinski definition) is 2. The molecule has 1 aromatic heterocycles. The number of nitrogens with one attached hydrogen (secondary N) is 1. The van der Waals surface area contributed by atoms with Gasteiger partial charge >= 0.3 is 0 Å². The molecule has 1 atom stereocenters. The molecule has 5 nitrogen and oxygen atoms in total. The van der Waals surface area contributed by atoms with Gasteiger partial charge in [0, 0.05) is 36.1 Å². The van der Waals surface area contributed by atoms with E-state index in [9.17, 15) is 4.79 Å². The second-order valence-electron chi connectivity index (χ2n) is 7.32. The number of pyridine rings is 1. The molecule has 1 heterocycles. The Kier molecular flexibility index (Phi) is 11.0. The number of hydrogen-bond acceptors (Lipinski definition) is 4. The van der Waals surface area contributed by atoms with Gasteiger partial charge in [0.15, 0.2) is 0 Å². The fourth-order valence-electron chi connectivity index (χ4n) is 2.93. The lowest BCUT2D eigenvalue weighted by Gasteiger charge is -2.15. The summed E-state index contributed by atoms with van der Waals surface area (Å²) in [6.45, 7) is 5.07. The lowest BCUT2D eigenvalue weighted by Crippen LogP contribution is -2.31. The smallest absolute Gasteiger partial charge is 0.251 e. The lowest BCUT2D eigenvalue weighted by atomic mass is 9.99. The van der Waals surface area contributed by atoms with Gasteiger partial charge in [-0.25, -0.2) is 0 Å². The molecule has 0 aliphatic rings. The summed E-state index contributed by atoms with van der Waals surface area (Å²) in [5, 5.41) is 2.91. The van der Waals surface area contributed by atoms with Crippen LogP contribution in [0.2, 0.25) is 0 Å². The van der Waals surface area contributed by atoms with Crippen LogP contribution in [0.4, 0.5) is 0 Å². The van der Waals surface area contributed by atoms with Crippen molar-refractivity contribution in [2.45, 2.75) is 32.4 Å². The molecule has 0 saturated heterocycles. The largest absolute Gasteiger partial charge is 0.489 e. The SMILES string of the molecule is CC(C)c1ccc(C(N)CNC(=O)c2cccc(OCc3cccnc3)c2)cc1.Cl.Cl. The van der Waals surface area contributed by atoms with E-state index in [0.717, 1.165) is 11.1 Å². The molecule has 3 rings (SSSR count). The van der Waals surface area contributed by atoms with Crippen molar-refractivity contribution in [1.82, 2.24) is 10.3 Å². The highest BCUT2D eigenvalue weighted by molar-refractivity contribution is 5.94. The van der Waals surface area contributed by atoms with Crippen LogP contribution in [0.15, 0.2) is 73.1 Å². The van der Waals surface area contributed by atoms with Gasteiger partial charge in [-0.1, -0.05) is 50.2 Å². The maximum Gasteiger partial charge on any atom is 0.251 e. The van der Waals surface area contributed by atoms with Gasteiger partial charge in [0.1, 0.15) is 12.4 Å². The van der Waals surface area contributed by atoms with Gasteiger partial charge in [0.05, 0.1) is 0 Å². The molecule has 1 amide bonds. The van der Waals surface area contributed by atoms with E-state index in [4.69, 9.17) is 10.5 Å². The van der Waals surface area contributed by atoms with Gasteiger partial charge in [0.25, 0.3) is 5.91 Å². The fourth-order valence-corrected chi connectivity index (χ4v) is 2.93. The number of carbonyl (C=O) groups excluding carboxylic acids is 1. The van der Waals surface area contributed by atoms with E-state index >= 15 is 0 Å². The normalized spacial score (nSPS) is 11.1. The quantitative estimate of drug-likeness (QED) is 0.491. The minimum Gasteiger partial charge on any atom is -0.489 e. The van der Waals surface area contributed by atoms with Crippen LogP contribution in [0.25, 0.3) is 0 Å². The minimum atomic E-state index is -0.259. The summed E-state index contributed by atoms with van der Waals surface area (Å²) < 4.78 is 5.76. The Morgan fingerprint density at radius 3 is 2.39 bits per heavy atom. The van der Waals surface area contributed by atoms with E-state index in [1.165, 1.54) is 5.56 Å². The average Bonchev–Trinajstić information content (AvgIpc) is 2.76. The van der Waals surface area contributed by atoms with Crippen molar-refractivity contribution in [1.29, 1.82) is 0 Å². The van der Waals surface area contributed by atoms with Crippen LogP contribution < -0.4 is 15.8 Å². The summed E-state index contributed by atoms with van der Waals surface area (Å²) >= 11 is 0. The number of amides is 1. The summed E-state index contributed by atoms with van der Waals surface area (Å²) in [5.41, 5.74) is 10.0. The van der Waals surface area contributed by atoms with Gasteiger partial charge in [0.2, 0.25) is 0 Å². The van der Waals surface area contributed by atoms with Gasteiger partial charge in [-0.3, -0.25) is 9.78 Å². The Morgan fingerprint density at radius 1 is 1.03 bits per heavy atom. The molecule has 0 aliphatic carbocycles. The highest BCUT2D eigenvalue weighted by Gasteiger charge is 2.11. The van der Waals surface area contributed by atoms with Crippen LogP contribution in [0, 0.1) is 0 Å². The third-order valence-electron chi connectivity index (χ3n) is 4.74. The number of ether oxygens (including phenoxy) is 1. The van der Waals surface area contributed by atoms with E-state index in [0.29, 0.717) is 30.4 Å². The summed E-state index contributed by atoms with van der Waals surface area (Å²) in [6, 6.07) is 18.9. The molecular weight excluding hydrogens is 433 g/mol. The van der Waals surface area contributed by atoms with E-state index in [1.54, 1.807) is 30.6 Å². The van der Waals surface area contributed by atoms with Crippen LogP contribution in [-0.2, 0) is 6.61 Å². The minimum absolute atomic E-state index is 0. The van der Waals surface area contributed by atoms with E-state index in [2.05, 4.69) is 36.3 Å². The average molecular weight is 462 g/mol. The molecule has 1 unspecified atom stereocenters. The van der Waals surface area contributed by atoms with Gasteiger partial charge < -0.3 is 15.8 Å². The number of aromatic nitrogens is 1. The van der Waals surface area contributed by atoms with Crippen molar-refractivity contribution in [2.24, 2.45) is 5.73 Å².